The van der Waals surface area contributed by atoms with Crippen LogP contribution in [0.2, 0.25) is 0 Å². The number of benzene rings is 1. The Labute approximate surface area is 112 Å². The van der Waals surface area contributed by atoms with Crippen LogP contribution in [0.4, 0.5) is 5.69 Å². The molecule has 0 spiro atoms. The largest absolute Gasteiger partial charge is 0.387 e. The molecule has 1 aromatic carbocycles. The second kappa shape index (κ2) is 5.57. The van der Waals surface area contributed by atoms with Gasteiger partial charge in [0.05, 0.1) is 5.84 Å². The van der Waals surface area contributed by atoms with Gasteiger partial charge in [-0.05, 0) is 17.7 Å². The van der Waals surface area contributed by atoms with Gasteiger partial charge in [0, 0.05) is 18.4 Å². The van der Waals surface area contributed by atoms with Crippen molar-refractivity contribution >= 4 is 31.4 Å². The van der Waals surface area contributed by atoms with E-state index in [9.17, 15) is 16.8 Å². The summed E-state index contributed by atoms with van der Waals surface area (Å²) >= 11 is 0. The molecule has 1 rings (SSSR count). The number of hydrogen-bond donors (Lipinski definition) is 3. The molecule has 0 saturated carbocycles. The van der Waals surface area contributed by atoms with Crippen LogP contribution in [0.25, 0.3) is 0 Å². The summed E-state index contributed by atoms with van der Waals surface area (Å²) in [6, 6.07) is 6.19. The van der Waals surface area contributed by atoms with Crippen LogP contribution >= 0.6 is 0 Å². The molecule has 106 valence electrons. The van der Waals surface area contributed by atoms with E-state index in [1.807, 2.05) is 0 Å². The van der Waals surface area contributed by atoms with Gasteiger partial charge in [-0.3, -0.25) is 10.1 Å². The van der Waals surface area contributed by atoms with Gasteiger partial charge in [-0.2, -0.15) is 0 Å². The molecule has 0 aliphatic carbocycles. The minimum Gasteiger partial charge on any atom is -0.387 e. The molecular weight excluding hydrogens is 290 g/mol. The molecule has 0 saturated heterocycles. The van der Waals surface area contributed by atoms with Crippen molar-refractivity contribution in [3.63, 3.8) is 0 Å². The summed E-state index contributed by atoms with van der Waals surface area (Å²) in [7, 11) is -7.55. The summed E-state index contributed by atoms with van der Waals surface area (Å²) < 4.78 is 47.1. The maximum Gasteiger partial charge on any atom is 0.247 e. The van der Waals surface area contributed by atoms with Gasteiger partial charge in [-0.15, -0.1) is 0 Å². The molecule has 0 bridgehead atoms. The highest BCUT2D eigenvalue weighted by molar-refractivity contribution is 8.08. The van der Waals surface area contributed by atoms with Gasteiger partial charge < -0.3 is 5.73 Å². The molecule has 0 unspecified atom stereocenters. The maximum atomic E-state index is 11.5. The standard InChI is InChI=1S/C10H15N3O4S2/c1-18(14,15)7-19(16,17)13-9-4-2-8(3-5-9)6-10(11)12/h2-5,13H,6-7H2,1H3,(H3,11,12). The molecule has 0 aliphatic heterocycles. The average molecular weight is 305 g/mol. The van der Waals surface area contributed by atoms with Gasteiger partial charge >= 0.3 is 0 Å². The highest BCUT2D eigenvalue weighted by Gasteiger charge is 2.17. The Kier molecular flexibility index (Phi) is 4.53. The van der Waals surface area contributed by atoms with Crippen LogP contribution in [-0.4, -0.2) is 34.0 Å². The fourth-order valence-corrected chi connectivity index (χ4v) is 4.39. The Hall–Kier alpha value is -1.61. The van der Waals surface area contributed by atoms with Gasteiger partial charge in [0.1, 0.15) is 0 Å². The lowest BCUT2D eigenvalue weighted by Gasteiger charge is -2.07. The number of amidine groups is 1. The quantitative estimate of drug-likeness (QED) is 0.499. The van der Waals surface area contributed by atoms with Crippen molar-refractivity contribution in [2.45, 2.75) is 6.42 Å². The number of nitrogens with one attached hydrogen (secondary N) is 2. The molecule has 0 fully saturated rings. The molecule has 0 aromatic heterocycles. The molecule has 0 atom stereocenters. The molecule has 1 aromatic rings. The van der Waals surface area contributed by atoms with E-state index in [1.165, 1.54) is 12.1 Å². The summed E-state index contributed by atoms with van der Waals surface area (Å²) in [4.78, 5) is 0. The summed E-state index contributed by atoms with van der Waals surface area (Å²) in [6.45, 7) is 0. The lowest BCUT2D eigenvalue weighted by molar-refractivity contribution is 0.595. The molecular formula is C10H15N3O4S2. The van der Waals surface area contributed by atoms with E-state index in [0.29, 0.717) is 0 Å². The van der Waals surface area contributed by atoms with Crippen molar-refractivity contribution in [1.82, 2.24) is 0 Å². The number of rotatable bonds is 6. The van der Waals surface area contributed by atoms with E-state index in [4.69, 9.17) is 11.1 Å². The first-order chi connectivity index (χ1) is 8.57. The Morgan fingerprint density at radius 2 is 1.74 bits per heavy atom. The molecule has 0 radical (unpaired) electrons. The topological polar surface area (TPSA) is 130 Å². The first-order valence-electron chi connectivity index (χ1n) is 5.17. The predicted molar refractivity (Wildman–Crippen MR) is 74.3 cm³/mol. The van der Waals surface area contributed by atoms with Crippen LogP contribution in [0.3, 0.4) is 0 Å². The predicted octanol–water partition coefficient (Wildman–Crippen LogP) is -0.0911. The van der Waals surface area contributed by atoms with E-state index >= 15 is 0 Å². The van der Waals surface area contributed by atoms with E-state index in [1.54, 1.807) is 12.1 Å². The van der Waals surface area contributed by atoms with Crippen LogP contribution in [-0.2, 0) is 26.3 Å². The normalized spacial score (nSPS) is 12.1. The van der Waals surface area contributed by atoms with E-state index in [0.717, 1.165) is 11.8 Å². The Morgan fingerprint density at radius 3 is 2.16 bits per heavy atom. The van der Waals surface area contributed by atoms with Crippen LogP contribution in [0.15, 0.2) is 24.3 Å². The minimum atomic E-state index is -3.93. The van der Waals surface area contributed by atoms with Gasteiger partial charge in [0.25, 0.3) is 0 Å². The lowest BCUT2D eigenvalue weighted by atomic mass is 10.1. The third-order valence-corrected chi connectivity index (χ3v) is 5.49. The zero-order chi connectivity index (χ0) is 14.7. The molecule has 0 amide bonds. The highest BCUT2D eigenvalue weighted by Crippen LogP contribution is 2.12. The van der Waals surface area contributed by atoms with Gasteiger partial charge in [0.2, 0.25) is 10.0 Å². The van der Waals surface area contributed by atoms with Crippen LogP contribution in [0.1, 0.15) is 5.56 Å². The monoisotopic (exact) mass is 305 g/mol. The molecule has 0 aliphatic rings. The SMILES string of the molecule is CS(=O)(=O)CS(=O)(=O)Nc1ccc(CC(=N)N)cc1. The summed E-state index contributed by atoms with van der Waals surface area (Å²) in [5.41, 5.74) is 6.26. The second-order valence-electron chi connectivity index (χ2n) is 4.16. The number of sulfonamides is 1. The van der Waals surface area contributed by atoms with Crippen molar-refractivity contribution in [3.8, 4) is 0 Å². The summed E-state index contributed by atoms with van der Waals surface area (Å²) in [5, 5.41) is 6.16. The highest BCUT2D eigenvalue weighted by atomic mass is 32.3. The molecule has 7 nitrogen and oxygen atoms in total. The first kappa shape index (κ1) is 15.4. The first-order valence-corrected chi connectivity index (χ1v) is 8.89. The van der Waals surface area contributed by atoms with Crippen LogP contribution in [0, 0.1) is 5.41 Å². The Balaban J connectivity index is 2.81. The molecule has 0 heterocycles. The fourth-order valence-electron chi connectivity index (χ4n) is 1.40. The third-order valence-electron chi connectivity index (χ3n) is 1.99. The minimum absolute atomic E-state index is 0.00501. The van der Waals surface area contributed by atoms with Gasteiger partial charge in [-0.25, -0.2) is 16.8 Å². The van der Waals surface area contributed by atoms with Gasteiger partial charge in [0.15, 0.2) is 14.9 Å². The Morgan fingerprint density at radius 1 is 1.21 bits per heavy atom. The third kappa shape index (κ3) is 6.20. The molecule has 9 heteroatoms. The smallest absolute Gasteiger partial charge is 0.247 e. The number of sulfone groups is 1. The zero-order valence-corrected chi connectivity index (χ0v) is 11.9. The lowest BCUT2D eigenvalue weighted by Crippen LogP contribution is -2.22. The number of nitrogens with two attached hydrogens (primary N) is 1. The van der Waals surface area contributed by atoms with E-state index < -0.39 is 24.9 Å². The van der Waals surface area contributed by atoms with Crippen molar-refractivity contribution < 1.29 is 16.8 Å². The van der Waals surface area contributed by atoms with Crippen molar-refractivity contribution in [2.24, 2.45) is 5.73 Å². The fraction of sp³-hybridized carbons (Fsp3) is 0.300. The van der Waals surface area contributed by atoms with Crippen molar-refractivity contribution in [1.29, 1.82) is 5.41 Å². The molecule has 4 N–H and O–H groups in total. The summed E-state index contributed by atoms with van der Waals surface area (Å²) in [6.07, 6.45) is 1.12. The second-order valence-corrected chi connectivity index (χ2v) is 8.39. The van der Waals surface area contributed by atoms with E-state index in [-0.39, 0.29) is 17.9 Å². The van der Waals surface area contributed by atoms with Crippen molar-refractivity contribution in [3.05, 3.63) is 29.8 Å². The van der Waals surface area contributed by atoms with Crippen LogP contribution in [0.5, 0.6) is 0 Å². The Bertz CT molecular complexity index is 663. The average Bonchev–Trinajstić information content (AvgIpc) is 2.15. The number of hydrogen-bond acceptors (Lipinski definition) is 5. The van der Waals surface area contributed by atoms with E-state index in [2.05, 4.69) is 4.72 Å². The van der Waals surface area contributed by atoms with Gasteiger partial charge in [-0.1, -0.05) is 12.1 Å². The van der Waals surface area contributed by atoms with Crippen molar-refractivity contribution in [2.75, 3.05) is 16.1 Å². The summed E-state index contributed by atoms with van der Waals surface area (Å²) in [5.74, 6) is 0.00501. The maximum absolute atomic E-state index is 11.5. The zero-order valence-electron chi connectivity index (χ0n) is 10.3. The number of anilines is 1. The molecule has 19 heavy (non-hydrogen) atoms. The van der Waals surface area contributed by atoms with Crippen LogP contribution < -0.4 is 10.5 Å².